The minimum atomic E-state index is 0.584. The Hall–Kier alpha value is -1.69. The zero-order chi connectivity index (χ0) is 17.8. The van der Waals surface area contributed by atoms with E-state index in [9.17, 15) is 0 Å². The van der Waals surface area contributed by atoms with Gasteiger partial charge >= 0.3 is 0 Å². The summed E-state index contributed by atoms with van der Waals surface area (Å²) in [5.41, 5.74) is 1.34. The van der Waals surface area contributed by atoms with Crippen molar-refractivity contribution in [3.8, 4) is 0 Å². The van der Waals surface area contributed by atoms with Crippen LogP contribution in [0, 0.1) is 0 Å². The lowest BCUT2D eigenvalue weighted by atomic mass is 10.0. The van der Waals surface area contributed by atoms with Gasteiger partial charge in [0, 0.05) is 38.8 Å². The Morgan fingerprint density at radius 1 is 1.12 bits per heavy atom. The smallest absolute Gasteiger partial charge is 0.169 e. The lowest BCUT2D eigenvalue weighted by Gasteiger charge is -2.31. The molecular formula is C21H27N3OS. The summed E-state index contributed by atoms with van der Waals surface area (Å²) in [6.07, 6.45) is 2.48. The fourth-order valence-electron chi connectivity index (χ4n) is 3.47. The highest BCUT2D eigenvalue weighted by atomic mass is 32.1. The number of nitrogens with zero attached hydrogens (tertiary/aromatic N) is 2. The molecule has 2 aliphatic rings. The maximum atomic E-state index is 5.75. The summed E-state index contributed by atoms with van der Waals surface area (Å²) in [6.45, 7) is 6.55. The Labute approximate surface area is 161 Å². The second-order valence-electron chi connectivity index (χ2n) is 7.24. The number of ether oxygens (including phenoxy) is 1. The van der Waals surface area contributed by atoms with Gasteiger partial charge in [-0.15, -0.1) is 0 Å². The predicted octanol–water partition coefficient (Wildman–Crippen LogP) is 3.01. The molecule has 5 heteroatoms. The van der Waals surface area contributed by atoms with Crippen molar-refractivity contribution in [1.82, 2.24) is 15.1 Å². The molecule has 4 nitrogen and oxygen atoms in total. The number of hydrogen-bond acceptors (Lipinski definition) is 3. The first-order valence-electron chi connectivity index (χ1n) is 9.62. The van der Waals surface area contributed by atoms with Crippen LogP contribution in [0.4, 0.5) is 0 Å². The SMILES string of the molecule is S=C(NC1CC1)N(CCN1CCOCC1)Cc1cccc2ccccc12. The fourth-order valence-corrected chi connectivity index (χ4v) is 3.79. The van der Waals surface area contributed by atoms with Gasteiger partial charge in [0.15, 0.2) is 5.11 Å². The summed E-state index contributed by atoms with van der Waals surface area (Å²) < 4.78 is 5.47. The van der Waals surface area contributed by atoms with Crippen LogP contribution in [0.3, 0.4) is 0 Å². The van der Waals surface area contributed by atoms with E-state index in [0.29, 0.717) is 6.04 Å². The Balaban J connectivity index is 1.48. The second-order valence-corrected chi connectivity index (χ2v) is 7.62. The maximum Gasteiger partial charge on any atom is 0.169 e. The highest BCUT2D eigenvalue weighted by Gasteiger charge is 2.24. The molecule has 1 aliphatic heterocycles. The number of morpholine rings is 1. The summed E-state index contributed by atoms with van der Waals surface area (Å²) in [5.74, 6) is 0. The first-order chi connectivity index (χ1) is 12.8. The molecule has 2 fully saturated rings. The molecule has 4 rings (SSSR count). The Morgan fingerprint density at radius 2 is 1.88 bits per heavy atom. The van der Waals surface area contributed by atoms with E-state index in [2.05, 4.69) is 57.6 Å². The first kappa shape index (κ1) is 17.7. The van der Waals surface area contributed by atoms with Crippen LogP contribution in [-0.4, -0.2) is 60.3 Å². The lowest BCUT2D eigenvalue weighted by molar-refractivity contribution is 0.0357. The minimum Gasteiger partial charge on any atom is -0.379 e. The van der Waals surface area contributed by atoms with Crippen molar-refractivity contribution in [3.05, 3.63) is 48.0 Å². The Morgan fingerprint density at radius 3 is 2.69 bits per heavy atom. The molecule has 0 bridgehead atoms. The maximum absolute atomic E-state index is 5.75. The topological polar surface area (TPSA) is 27.7 Å². The molecule has 0 radical (unpaired) electrons. The van der Waals surface area contributed by atoms with Gasteiger partial charge in [0.25, 0.3) is 0 Å². The van der Waals surface area contributed by atoms with Crippen LogP contribution >= 0.6 is 12.2 Å². The van der Waals surface area contributed by atoms with E-state index in [1.54, 1.807) is 0 Å². The molecule has 2 aromatic carbocycles. The molecule has 0 atom stereocenters. The molecule has 138 valence electrons. The van der Waals surface area contributed by atoms with Crippen molar-refractivity contribution >= 4 is 28.1 Å². The number of benzene rings is 2. The summed E-state index contributed by atoms with van der Waals surface area (Å²) in [6, 6.07) is 15.7. The van der Waals surface area contributed by atoms with Gasteiger partial charge in [-0.25, -0.2) is 0 Å². The molecule has 1 heterocycles. The quantitative estimate of drug-likeness (QED) is 0.790. The van der Waals surface area contributed by atoms with Gasteiger partial charge < -0.3 is 15.0 Å². The molecule has 26 heavy (non-hydrogen) atoms. The van der Waals surface area contributed by atoms with Crippen molar-refractivity contribution < 1.29 is 4.74 Å². The van der Waals surface area contributed by atoms with Gasteiger partial charge in [0.05, 0.1) is 13.2 Å². The summed E-state index contributed by atoms with van der Waals surface area (Å²) in [5, 5.41) is 7.03. The average Bonchev–Trinajstić information content (AvgIpc) is 3.50. The van der Waals surface area contributed by atoms with Gasteiger partial charge in [-0.1, -0.05) is 42.5 Å². The number of fused-ring (bicyclic) bond motifs is 1. The summed E-state index contributed by atoms with van der Waals surface area (Å²) in [7, 11) is 0. The van der Waals surface area contributed by atoms with E-state index in [4.69, 9.17) is 17.0 Å². The van der Waals surface area contributed by atoms with E-state index in [-0.39, 0.29) is 0 Å². The molecule has 0 amide bonds. The van der Waals surface area contributed by atoms with Gasteiger partial charge in [-0.05, 0) is 41.4 Å². The van der Waals surface area contributed by atoms with Crippen molar-refractivity contribution in [2.45, 2.75) is 25.4 Å². The van der Waals surface area contributed by atoms with Crippen molar-refractivity contribution in [3.63, 3.8) is 0 Å². The molecule has 1 N–H and O–H groups in total. The molecule has 1 aliphatic carbocycles. The molecule has 0 spiro atoms. The Bertz CT molecular complexity index is 751. The summed E-state index contributed by atoms with van der Waals surface area (Å²) in [4.78, 5) is 4.81. The molecule has 1 saturated heterocycles. The van der Waals surface area contributed by atoms with Crippen molar-refractivity contribution in [2.75, 3.05) is 39.4 Å². The van der Waals surface area contributed by atoms with E-state index in [0.717, 1.165) is 51.0 Å². The molecule has 0 unspecified atom stereocenters. The average molecular weight is 370 g/mol. The fraction of sp³-hybridized carbons (Fsp3) is 0.476. The van der Waals surface area contributed by atoms with Crippen LogP contribution in [-0.2, 0) is 11.3 Å². The third-order valence-corrected chi connectivity index (χ3v) is 5.60. The largest absolute Gasteiger partial charge is 0.379 e. The normalized spacial score (nSPS) is 18.0. The van der Waals surface area contributed by atoms with Crippen LogP contribution in [0.25, 0.3) is 10.8 Å². The van der Waals surface area contributed by atoms with Crippen LogP contribution < -0.4 is 5.32 Å². The molecule has 1 saturated carbocycles. The van der Waals surface area contributed by atoms with Crippen LogP contribution in [0.15, 0.2) is 42.5 Å². The number of nitrogens with one attached hydrogen (secondary N) is 1. The third-order valence-electron chi connectivity index (χ3n) is 5.22. The zero-order valence-corrected chi connectivity index (χ0v) is 16.0. The monoisotopic (exact) mass is 369 g/mol. The van der Waals surface area contributed by atoms with E-state index >= 15 is 0 Å². The van der Waals surface area contributed by atoms with Gasteiger partial charge in [-0.3, -0.25) is 4.90 Å². The molecular weight excluding hydrogens is 342 g/mol. The van der Waals surface area contributed by atoms with Crippen molar-refractivity contribution in [2.24, 2.45) is 0 Å². The summed E-state index contributed by atoms with van der Waals surface area (Å²) >= 11 is 5.75. The van der Waals surface area contributed by atoms with Crippen LogP contribution in [0.5, 0.6) is 0 Å². The zero-order valence-electron chi connectivity index (χ0n) is 15.2. The highest BCUT2D eigenvalue weighted by Crippen LogP contribution is 2.22. The second kappa shape index (κ2) is 8.33. The lowest BCUT2D eigenvalue weighted by Crippen LogP contribution is -2.46. The van der Waals surface area contributed by atoms with E-state index in [1.807, 2.05) is 0 Å². The first-order valence-corrected chi connectivity index (χ1v) is 10.0. The van der Waals surface area contributed by atoms with Gasteiger partial charge in [0.1, 0.15) is 0 Å². The predicted molar refractivity (Wildman–Crippen MR) is 110 cm³/mol. The minimum absolute atomic E-state index is 0.584. The number of rotatable bonds is 6. The van der Waals surface area contributed by atoms with E-state index < -0.39 is 0 Å². The van der Waals surface area contributed by atoms with Crippen molar-refractivity contribution in [1.29, 1.82) is 0 Å². The van der Waals surface area contributed by atoms with Gasteiger partial charge in [-0.2, -0.15) is 0 Å². The number of thiocarbonyl (C=S) groups is 1. The van der Waals surface area contributed by atoms with Crippen LogP contribution in [0.1, 0.15) is 18.4 Å². The van der Waals surface area contributed by atoms with E-state index in [1.165, 1.54) is 29.2 Å². The third kappa shape index (κ3) is 4.53. The van der Waals surface area contributed by atoms with Gasteiger partial charge in [0.2, 0.25) is 0 Å². The Kier molecular flexibility index (Phi) is 5.68. The van der Waals surface area contributed by atoms with Crippen LogP contribution in [0.2, 0.25) is 0 Å². The highest BCUT2D eigenvalue weighted by molar-refractivity contribution is 7.80. The standard InChI is InChI=1S/C21H27N3OS/c26-21(22-19-8-9-19)24(11-10-23-12-14-25-15-13-23)16-18-6-3-5-17-4-1-2-7-20(17)18/h1-7,19H,8-16H2,(H,22,26). The number of hydrogen-bond donors (Lipinski definition) is 1. The molecule has 2 aromatic rings. The molecule has 0 aromatic heterocycles.